The van der Waals surface area contributed by atoms with E-state index >= 15 is 0 Å². The fourth-order valence-electron chi connectivity index (χ4n) is 1.57. The molecule has 1 atom stereocenters. The molecule has 1 aromatic rings. The lowest BCUT2D eigenvalue weighted by molar-refractivity contribution is 0.0693. The topological polar surface area (TPSA) is 72.5 Å². The number of halogens is 3. The second-order valence-electron chi connectivity index (χ2n) is 4.18. The summed E-state index contributed by atoms with van der Waals surface area (Å²) < 4.78 is 41.7. The molecule has 0 heterocycles. The Morgan fingerprint density at radius 2 is 2.14 bits per heavy atom. The number of carbonyl (C=O) groups excluding carboxylic acids is 1. The van der Waals surface area contributed by atoms with Crippen LogP contribution < -0.4 is 5.32 Å². The normalized spacial score (nSPS) is 13.0. The lowest BCUT2D eigenvalue weighted by Crippen LogP contribution is -2.32. The number of amides is 1. The largest absolute Gasteiger partial charge is 0.377 e. The maximum absolute atomic E-state index is 13.8. The van der Waals surface area contributed by atoms with Gasteiger partial charge in [-0.1, -0.05) is 0 Å². The zero-order chi connectivity index (χ0) is 16.2. The number of hydrogen-bond donors (Lipinski definition) is 1. The van der Waals surface area contributed by atoms with Gasteiger partial charge < -0.3 is 10.1 Å². The average molecular weight is 403 g/mol. The molecule has 5 nitrogen and oxygen atoms in total. The molecule has 21 heavy (non-hydrogen) atoms. The van der Waals surface area contributed by atoms with Gasteiger partial charge in [-0.25, -0.2) is 12.8 Å². The number of benzene rings is 1. The highest BCUT2D eigenvalue weighted by Gasteiger charge is 2.21. The number of hydrogen-bond acceptors (Lipinski definition) is 4. The molecule has 0 fully saturated rings. The molecule has 0 saturated heterocycles. The Balaban J connectivity index is 3.00. The average Bonchev–Trinajstić information content (AvgIpc) is 2.34. The molecule has 0 aromatic heterocycles. The Morgan fingerprint density at radius 3 is 2.67 bits per heavy atom. The summed E-state index contributed by atoms with van der Waals surface area (Å²) in [6.45, 7) is 4.21. The molecule has 1 N–H and O–H groups in total. The van der Waals surface area contributed by atoms with Crippen molar-refractivity contribution in [3.63, 3.8) is 0 Å². The van der Waals surface area contributed by atoms with Gasteiger partial charge in [-0.15, -0.1) is 0 Å². The molecule has 0 spiro atoms. The Morgan fingerprint density at radius 1 is 1.52 bits per heavy atom. The zero-order valence-corrected chi connectivity index (χ0v) is 14.5. The van der Waals surface area contributed by atoms with E-state index < -0.39 is 26.3 Å². The Kier molecular flexibility index (Phi) is 6.58. The van der Waals surface area contributed by atoms with Crippen molar-refractivity contribution in [3.8, 4) is 0 Å². The van der Waals surface area contributed by atoms with Gasteiger partial charge in [-0.05, 0) is 41.9 Å². The van der Waals surface area contributed by atoms with Gasteiger partial charge in [0.25, 0.3) is 15.0 Å². The van der Waals surface area contributed by atoms with E-state index in [0.717, 1.165) is 12.1 Å². The summed E-state index contributed by atoms with van der Waals surface area (Å²) in [5.41, 5.74) is -0.402. The van der Waals surface area contributed by atoms with Gasteiger partial charge in [0.1, 0.15) is 5.82 Å². The molecule has 1 aromatic carbocycles. The fourth-order valence-corrected chi connectivity index (χ4v) is 3.73. The van der Waals surface area contributed by atoms with Gasteiger partial charge in [-0.3, -0.25) is 4.79 Å². The van der Waals surface area contributed by atoms with Crippen molar-refractivity contribution in [3.05, 3.63) is 28.0 Å². The van der Waals surface area contributed by atoms with Crippen molar-refractivity contribution in [1.82, 2.24) is 5.32 Å². The lowest BCUT2D eigenvalue weighted by Gasteiger charge is -2.13. The van der Waals surface area contributed by atoms with E-state index in [-0.39, 0.29) is 22.0 Å². The Labute approximate surface area is 135 Å². The second kappa shape index (κ2) is 7.53. The van der Waals surface area contributed by atoms with Crippen LogP contribution in [0.5, 0.6) is 0 Å². The van der Waals surface area contributed by atoms with Crippen LogP contribution in [0.3, 0.4) is 0 Å². The highest BCUT2D eigenvalue weighted by molar-refractivity contribution is 9.10. The minimum atomic E-state index is -4.09. The molecule has 1 amide bonds. The van der Waals surface area contributed by atoms with Crippen LogP contribution in [0.25, 0.3) is 0 Å². The van der Waals surface area contributed by atoms with Crippen molar-refractivity contribution < 1.29 is 22.3 Å². The van der Waals surface area contributed by atoms with Crippen molar-refractivity contribution in [2.24, 2.45) is 0 Å². The van der Waals surface area contributed by atoms with Crippen LogP contribution in [0.2, 0.25) is 0 Å². The Bertz CT molecular complexity index is 638. The third-order valence-corrected chi connectivity index (χ3v) is 4.81. The minimum absolute atomic E-state index is 0.0470. The molecular weight excluding hydrogens is 389 g/mol. The summed E-state index contributed by atoms with van der Waals surface area (Å²) in [7, 11) is 1.14. The zero-order valence-electron chi connectivity index (χ0n) is 11.3. The SMILES string of the molecule is CCOC(C)CNC(=O)c1cc(S(=O)(=O)Cl)c(Br)cc1F. The maximum atomic E-state index is 13.8. The van der Waals surface area contributed by atoms with Gasteiger partial charge in [0.05, 0.1) is 16.6 Å². The molecule has 0 aliphatic carbocycles. The van der Waals surface area contributed by atoms with E-state index in [1.54, 1.807) is 6.92 Å². The first-order valence-corrected chi connectivity index (χ1v) is 9.10. The third kappa shape index (κ3) is 5.21. The molecule has 0 aliphatic rings. The molecule has 118 valence electrons. The summed E-state index contributed by atoms with van der Waals surface area (Å²) in [4.78, 5) is 11.5. The van der Waals surface area contributed by atoms with Gasteiger partial charge in [-0.2, -0.15) is 0 Å². The van der Waals surface area contributed by atoms with Crippen LogP contribution in [0.15, 0.2) is 21.5 Å². The van der Waals surface area contributed by atoms with Crippen LogP contribution in [0.1, 0.15) is 24.2 Å². The van der Waals surface area contributed by atoms with Crippen LogP contribution in [-0.2, 0) is 13.8 Å². The first-order valence-electron chi connectivity index (χ1n) is 6.00. The lowest BCUT2D eigenvalue weighted by atomic mass is 10.2. The smallest absolute Gasteiger partial charge is 0.262 e. The number of carbonyl (C=O) groups is 1. The van der Waals surface area contributed by atoms with E-state index in [9.17, 15) is 17.6 Å². The van der Waals surface area contributed by atoms with E-state index in [4.69, 9.17) is 15.4 Å². The number of nitrogens with one attached hydrogen (secondary N) is 1. The summed E-state index contributed by atoms with van der Waals surface area (Å²) in [5, 5.41) is 2.47. The van der Waals surface area contributed by atoms with Crippen LogP contribution in [0.4, 0.5) is 4.39 Å². The van der Waals surface area contributed by atoms with Gasteiger partial charge in [0.15, 0.2) is 0 Å². The van der Waals surface area contributed by atoms with Gasteiger partial charge in [0.2, 0.25) is 0 Å². The first-order chi connectivity index (χ1) is 9.66. The minimum Gasteiger partial charge on any atom is -0.377 e. The highest BCUT2D eigenvalue weighted by atomic mass is 79.9. The van der Waals surface area contributed by atoms with E-state index in [1.165, 1.54) is 0 Å². The fraction of sp³-hybridized carbons (Fsp3) is 0.417. The first kappa shape index (κ1) is 18.3. The summed E-state index contributed by atoms with van der Waals surface area (Å²) in [6.07, 6.45) is -0.242. The van der Waals surface area contributed by atoms with Crippen molar-refractivity contribution in [1.29, 1.82) is 0 Å². The standard InChI is InChI=1S/C12H14BrClFNO4S/c1-3-20-7(2)6-16-12(17)8-4-11(21(14,18)19)9(13)5-10(8)15/h4-5,7H,3,6H2,1-2H3,(H,16,17). The van der Waals surface area contributed by atoms with Crippen LogP contribution >= 0.6 is 26.6 Å². The predicted octanol–water partition coefficient (Wildman–Crippen LogP) is 2.67. The summed E-state index contributed by atoms with van der Waals surface area (Å²) in [5.74, 6) is -1.60. The van der Waals surface area contributed by atoms with E-state index in [0.29, 0.717) is 6.61 Å². The van der Waals surface area contributed by atoms with Crippen LogP contribution in [0, 0.1) is 5.82 Å². The van der Waals surface area contributed by atoms with Crippen molar-refractivity contribution in [2.75, 3.05) is 13.2 Å². The monoisotopic (exact) mass is 401 g/mol. The third-order valence-electron chi connectivity index (χ3n) is 2.53. The summed E-state index contributed by atoms with van der Waals surface area (Å²) in [6, 6.07) is 1.78. The highest BCUT2D eigenvalue weighted by Crippen LogP contribution is 2.28. The number of rotatable bonds is 6. The molecular formula is C12H14BrClFNO4S. The second-order valence-corrected chi connectivity index (χ2v) is 7.57. The van der Waals surface area contributed by atoms with Crippen molar-refractivity contribution in [2.45, 2.75) is 24.8 Å². The quantitative estimate of drug-likeness (QED) is 0.743. The van der Waals surface area contributed by atoms with E-state index in [1.807, 2.05) is 6.92 Å². The van der Waals surface area contributed by atoms with Gasteiger partial charge >= 0.3 is 0 Å². The van der Waals surface area contributed by atoms with Crippen LogP contribution in [-0.4, -0.2) is 33.6 Å². The molecule has 0 bridgehead atoms. The molecule has 0 aliphatic heterocycles. The van der Waals surface area contributed by atoms with E-state index in [2.05, 4.69) is 21.2 Å². The molecule has 0 saturated carbocycles. The molecule has 1 rings (SSSR count). The van der Waals surface area contributed by atoms with Gasteiger partial charge in [0, 0.05) is 28.3 Å². The molecule has 0 radical (unpaired) electrons. The summed E-state index contributed by atoms with van der Waals surface area (Å²) >= 11 is 2.89. The molecule has 1 unspecified atom stereocenters. The number of ether oxygens (including phenoxy) is 1. The molecule has 9 heteroatoms. The Hall–Kier alpha value is -0.700. The predicted molar refractivity (Wildman–Crippen MR) is 80.6 cm³/mol. The van der Waals surface area contributed by atoms with Crippen molar-refractivity contribution >= 4 is 41.6 Å². The maximum Gasteiger partial charge on any atom is 0.262 e.